The van der Waals surface area contributed by atoms with Crippen LogP contribution >= 0.6 is 0 Å². The van der Waals surface area contributed by atoms with Crippen LogP contribution in [-0.2, 0) is 4.79 Å². The molecule has 0 fully saturated rings. The van der Waals surface area contributed by atoms with E-state index in [2.05, 4.69) is 17.5 Å². The zero-order valence-electron chi connectivity index (χ0n) is 11.0. The highest BCUT2D eigenvalue weighted by Crippen LogP contribution is 2.19. The highest BCUT2D eigenvalue weighted by molar-refractivity contribution is 5.77. The summed E-state index contributed by atoms with van der Waals surface area (Å²) in [7, 11) is 0. The lowest BCUT2D eigenvalue weighted by molar-refractivity contribution is -0.123. The second kappa shape index (κ2) is 6.83. The molecule has 102 valence electrons. The fourth-order valence-corrected chi connectivity index (χ4v) is 2.11. The number of rotatable bonds is 5. The Labute approximate surface area is 113 Å². The smallest absolute Gasteiger partial charge is 0.257 e. The van der Waals surface area contributed by atoms with E-state index in [0.29, 0.717) is 17.4 Å². The number of nitrogens with one attached hydrogen (secondary N) is 1. The van der Waals surface area contributed by atoms with E-state index in [9.17, 15) is 4.79 Å². The maximum Gasteiger partial charge on any atom is 0.257 e. The normalized spacial score (nSPS) is 18.0. The predicted octanol–water partition coefficient (Wildman–Crippen LogP) is 2.12. The van der Waals surface area contributed by atoms with Gasteiger partial charge in [0.15, 0.2) is 6.61 Å². The maximum absolute atomic E-state index is 11.7. The van der Waals surface area contributed by atoms with Crippen LogP contribution in [0.4, 0.5) is 5.69 Å². The average molecular weight is 260 g/mol. The van der Waals surface area contributed by atoms with E-state index in [1.165, 1.54) is 0 Å². The lowest BCUT2D eigenvalue weighted by Gasteiger charge is -2.18. The third kappa shape index (κ3) is 4.32. The van der Waals surface area contributed by atoms with Gasteiger partial charge in [-0.3, -0.25) is 4.79 Å². The molecule has 0 bridgehead atoms. The Morgan fingerprint density at radius 2 is 2.21 bits per heavy atom. The summed E-state index contributed by atoms with van der Waals surface area (Å²) in [5.74, 6) is 1.01. The lowest BCUT2D eigenvalue weighted by Crippen LogP contribution is -2.33. The first kappa shape index (κ1) is 13.5. The third-order valence-corrected chi connectivity index (χ3v) is 3.24. The first-order chi connectivity index (χ1) is 9.25. The zero-order chi connectivity index (χ0) is 13.5. The van der Waals surface area contributed by atoms with Crippen molar-refractivity contribution in [2.24, 2.45) is 5.92 Å². The van der Waals surface area contributed by atoms with Crippen LogP contribution in [0.15, 0.2) is 36.4 Å². The van der Waals surface area contributed by atoms with Gasteiger partial charge in [-0.15, -0.1) is 0 Å². The van der Waals surface area contributed by atoms with Crippen LogP contribution in [0.1, 0.15) is 19.3 Å². The molecule has 0 aromatic heterocycles. The van der Waals surface area contributed by atoms with Gasteiger partial charge in [0.2, 0.25) is 0 Å². The molecule has 4 heteroatoms. The molecule has 3 N–H and O–H groups in total. The molecule has 0 heterocycles. The second-order valence-corrected chi connectivity index (χ2v) is 4.78. The molecule has 1 aromatic carbocycles. The van der Waals surface area contributed by atoms with E-state index in [1.54, 1.807) is 12.1 Å². The van der Waals surface area contributed by atoms with Gasteiger partial charge >= 0.3 is 0 Å². The van der Waals surface area contributed by atoms with Crippen molar-refractivity contribution >= 4 is 11.6 Å². The second-order valence-electron chi connectivity index (χ2n) is 4.78. The summed E-state index contributed by atoms with van der Waals surface area (Å²) >= 11 is 0. The highest BCUT2D eigenvalue weighted by Gasteiger charge is 2.11. The predicted molar refractivity (Wildman–Crippen MR) is 75.8 cm³/mol. The number of amides is 1. The lowest BCUT2D eigenvalue weighted by atomic mass is 9.94. The summed E-state index contributed by atoms with van der Waals surface area (Å²) in [5, 5.41) is 2.90. The van der Waals surface area contributed by atoms with E-state index in [0.717, 1.165) is 25.8 Å². The average Bonchev–Trinajstić information content (AvgIpc) is 2.45. The molecule has 0 spiro atoms. The number of hydrogen-bond donors (Lipinski definition) is 2. The van der Waals surface area contributed by atoms with Crippen molar-refractivity contribution in [1.82, 2.24) is 5.32 Å². The maximum atomic E-state index is 11.7. The molecule has 2 rings (SSSR count). The van der Waals surface area contributed by atoms with Gasteiger partial charge in [0, 0.05) is 6.54 Å². The summed E-state index contributed by atoms with van der Waals surface area (Å²) in [6.07, 6.45) is 7.68. The third-order valence-electron chi connectivity index (χ3n) is 3.24. The van der Waals surface area contributed by atoms with Crippen molar-refractivity contribution in [2.75, 3.05) is 18.9 Å². The molecule has 1 amide bonds. The van der Waals surface area contributed by atoms with Crippen molar-refractivity contribution < 1.29 is 9.53 Å². The Bertz CT molecular complexity index is 457. The molecule has 0 aliphatic heterocycles. The number of nitrogens with two attached hydrogens (primary N) is 1. The topological polar surface area (TPSA) is 64.3 Å². The minimum absolute atomic E-state index is 0.0107. The molecule has 1 atom stereocenters. The van der Waals surface area contributed by atoms with Gasteiger partial charge in [0.25, 0.3) is 5.91 Å². The monoisotopic (exact) mass is 260 g/mol. The molecule has 1 aromatic rings. The molecule has 1 aliphatic carbocycles. The molecule has 1 unspecified atom stereocenters. The zero-order valence-corrected chi connectivity index (χ0v) is 11.0. The van der Waals surface area contributed by atoms with Gasteiger partial charge in [-0.2, -0.15) is 0 Å². The number of nitrogen functional groups attached to an aromatic ring is 1. The summed E-state index contributed by atoms with van der Waals surface area (Å²) in [6, 6.07) is 7.17. The van der Waals surface area contributed by atoms with Gasteiger partial charge in [-0.05, 0) is 37.3 Å². The van der Waals surface area contributed by atoms with Crippen LogP contribution in [-0.4, -0.2) is 19.1 Å². The Kier molecular flexibility index (Phi) is 4.84. The quantitative estimate of drug-likeness (QED) is 0.629. The number of carbonyl (C=O) groups is 1. The first-order valence-electron chi connectivity index (χ1n) is 6.64. The SMILES string of the molecule is Nc1ccccc1OCC(=O)NCC1CC=CCC1. The Balaban J connectivity index is 1.70. The number of hydrogen-bond acceptors (Lipinski definition) is 3. The largest absolute Gasteiger partial charge is 0.482 e. The molecule has 0 saturated carbocycles. The van der Waals surface area contributed by atoms with Crippen LogP contribution in [0, 0.1) is 5.92 Å². The van der Waals surface area contributed by atoms with Gasteiger partial charge in [0.1, 0.15) is 5.75 Å². The van der Waals surface area contributed by atoms with Crippen LogP contribution in [0.2, 0.25) is 0 Å². The van der Waals surface area contributed by atoms with Crippen molar-refractivity contribution in [2.45, 2.75) is 19.3 Å². The Morgan fingerprint density at radius 1 is 1.37 bits per heavy atom. The van der Waals surface area contributed by atoms with E-state index >= 15 is 0 Å². The van der Waals surface area contributed by atoms with Crippen LogP contribution in [0.25, 0.3) is 0 Å². The number of carbonyl (C=O) groups excluding carboxylic acids is 1. The molecule has 0 radical (unpaired) electrons. The summed E-state index contributed by atoms with van der Waals surface area (Å²) in [4.78, 5) is 11.7. The Morgan fingerprint density at radius 3 is 2.95 bits per heavy atom. The van der Waals surface area contributed by atoms with Crippen LogP contribution < -0.4 is 15.8 Å². The van der Waals surface area contributed by atoms with E-state index in [1.807, 2.05) is 12.1 Å². The van der Waals surface area contributed by atoms with E-state index in [4.69, 9.17) is 10.5 Å². The molecular formula is C15H20N2O2. The van der Waals surface area contributed by atoms with Gasteiger partial charge in [-0.25, -0.2) is 0 Å². The number of benzene rings is 1. The minimum atomic E-state index is -0.0993. The molecule has 4 nitrogen and oxygen atoms in total. The molecular weight excluding hydrogens is 240 g/mol. The molecule has 1 aliphatic rings. The fourth-order valence-electron chi connectivity index (χ4n) is 2.11. The number of para-hydroxylation sites is 2. The number of allylic oxidation sites excluding steroid dienone is 2. The Hall–Kier alpha value is -1.97. The molecule has 19 heavy (non-hydrogen) atoms. The van der Waals surface area contributed by atoms with Crippen molar-refractivity contribution in [3.8, 4) is 5.75 Å². The van der Waals surface area contributed by atoms with Crippen LogP contribution in [0.3, 0.4) is 0 Å². The van der Waals surface area contributed by atoms with Gasteiger partial charge < -0.3 is 15.8 Å². The van der Waals surface area contributed by atoms with E-state index in [-0.39, 0.29) is 12.5 Å². The standard InChI is InChI=1S/C15H20N2O2/c16-13-8-4-5-9-14(13)19-11-15(18)17-10-12-6-2-1-3-7-12/h1-2,4-5,8-9,12H,3,6-7,10-11,16H2,(H,17,18). The van der Waals surface area contributed by atoms with Gasteiger partial charge in [-0.1, -0.05) is 24.3 Å². The fraction of sp³-hybridized carbons (Fsp3) is 0.400. The molecule has 0 saturated heterocycles. The number of ether oxygens (including phenoxy) is 1. The minimum Gasteiger partial charge on any atom is -0.482 e. The van der Waals surface area contributed by atoms with Crippen molar-refractivity contribution in [3.63, 3.8) is 0 Å². The van der Waals surface area contributed by atoms with Crippen molar-refractivity contribution in [3.05, 3.63) is 36.4 Å². The first-order valence-corrected chi connectivity index (χ1v) is 6.64. The highest BCUT2D eigenvalue weighted by atomic mass is 16.5. The van der Waals surface area contributed by atoms with Gasteiger partial charge in [0.05, 0.1) is 5.69 Å². The number of anilines is 1. The van der Waals surface area contributed by atoms with E-state index < -0.39 is 0 Å². The van der Waals surface area contributed by atoms with Crippen LogP contribution in [0.5, 0.6) is 5.75 Å². The van der Waals surface area contributed by atoms with Crippen molar-refractivity contribution in [1.29, 1.82) is 0 Å². The summed E-state index contributed by atoms with van der Waals surface area (Å²) in [6.45, 7) is 0.730. The summed E-state index contributed by atoms with van der Waals surface area (Å²) in [5.41, 5.74) is 6.28. The summed E-state index contributed by atoms with van der Waals surface area (Å²) < 4.78 is 5.39.